The van der Waals surface area contributed by atoms with E-state index in [0.29, 0.717) is 5.56 Å². The third kappa shape index (κ3) is 2.45. The van der Waals surface area contributed by atoms with Crippen LogP contribution in [0.3, 0.4) is 0 Å². The van der Waals surface area contributed by atoms with Crippen molar-refractivity contribution >= 4 is 0 Å². The Morgan fingerprint density at radius 3 is 2.83 bits per heavy atom. The van der Waals surface area contributed by atoms with Crippen LogP contribution in [0.5, 0.6) is 5.75 Å². The molecular formula is C16H11FN2O4. The number of benzene rings is 1. The van der Waals surface area contributed by atoms with E-state index in [9.17, 15) is 19.6 Å². The van der Waals surface area contributed by atoms with Gasteiger partial charge in [0.25, 0.3) is 0 Å². The smallest absolute Gasteiger partial charge is 0.228 e. The molecule has 0 saturated heterocycles. The third-order valence-corrected chi connectivity index (χ3v) is 3.47. The summed E-state index contributed by atoms with van der Waals surface area (Å²) < 4.78 is 24.2. The molecule has 3 rings (SSSR count). The second-order valence-corrected chi connectivity index (χ2v) is 4.91. The van der Waals surface area contributed by atoms with Crippen molar-refractivity contribution in [3.8, 4) is 11.8 Å². The van der Waals surface area contributed by atoms with Gasteiger partial charge in [0.05, 0.1) is 5.92 Å². The fraction of sp³-hybridized carbons (Fsp3) is 0.125. The molecule has 2 aromatic rings. The predicted octanol–water partition coefficient (Wildman–Crippen LogP) is 1.49. The largest absolute Gasteiger partial charge is 0.458 e. The summed E-state index contributed by atoms with van der Waals surface area (Å²) in [7, 11) is 0. The van der Waals surface area contributed by atoms with Crippen LogP contribution < -0.4 is 15.9 Å². The van der Waals surface area contributed by atoms with Crippen molar-refractivity contribution in [3.05, 3.63) is 74.9 Å². The fourth-order valence-electron chi connectivity index (χ4n) is 2.48. The first-order valence-electron chi connectivity index (χ1n) is 6.66. The van der Waals surface area contributed by atoms with Crippen molar-refractivity contribution in [2.45, 2.75) is 12.5 Å². The number of nitriles is 1. The number of halogens is 1. The number of aliphatic hydroxyl groups is 1. The highest BCUT2D eigenvalue weighted by molar-refractivity contribution is 5.51. The molecule has 0 saturated carbocycles. The minimum atomic E-state index is -0.890. The van der Waals surface area contributed by atoms with Crippen LogP contribution in [0.25, 0.3) is 0 Å². The average molecular weight is 314 g/mol. The van der Waals surface area contributed by atoms with Gasteiger partial charge in [-0.25, -0.2) is 4.39 Å². The summed E-state index contributed by atoms with van der Waals surface area (Å²) >= 11 is 0. The van der Waals surface area contributed by atoms with Crippen molar-refractivity contribution in [1.29, 1.82) is 5.26 Å². The lowest BCUT2D eigenvalue weighted by atomic mass is 9.87. The first kappa shape index (κ1) is 14.8. The van der Waals surface area contributed by atoms with Crippen LogP contribution in [0, 0.1) is 17.1 Å². The highest BCUT2D eigenvalue weighted by Crippen LogP contribution is 2.40. The lowest BCUT2D eigenvalue weighted by molar-refractivity contribution is 0.231. The number of fused-ring (bicyclic) bond motifs is 1. The molecular weight excluding hydrogens is 303 g/mol. The Bertz CT molecular complexity index is 911. The lowest BCUT2D eigenvalue weighted by Crippen LogP contribution is -2.25. The fourth-order valence-corrected chi connectivity index (χ4v) is 2.48. The molecule has 3 N–H and O–H groups in total. The number of nitrogens with two attached hydrogens (primary N) is 1. The Labute approximate surface area is 129 Å². The molecule has 0 radical (unpaired) electrons. The molecule has 23 heavy (non-hydrogen) atoms. The van der Waals surface area contributed by atoms with Gasteiger partial charge < -0.3 is 20.0 Å². The van der Waals surface area contributed by atoms with Gasteiger partial charge >= 0.3 is 0 Å². The topological polar surface area (TPSA) is 109 Å². The molecule has 1 atom stereocenters. The van der Waals surface area contributed by atoms with E-state index in [0.717, 1.165) is 6.07 Å². The van der Waals surface area contributed by atoms with E-state index >= 15 is 0 Å². The van der Waals surface area contributed by atoms with Crippen molar-refractivity contribution in [2.24, 2.45) is 5.73 Å². The number of hydrogen-bond acceptors (Lipinski definition) is 6. The number of nitrogens with zero attached hydrogens (tertiary/aromatic N) is 1. The van der Waals surface area contributed by atoms with E-state index < -0.39 is 23.8 Å². The van der Waals surface area contributed by atoms with Crippen molar-refractivity contribution in [2.75, 3.05) is 0 Å². The van der Waals surface area contributed by atoms with Gasteiger partial charge in [0, 0.05) is 6.07 Å². The number of rotatable bonds is 2. The zero-order chi connectivity index (χ0) is 16.6. The Kier molecular flexibility index (Phi) is 3.60. The molecule has 0 amide bonds. The molecule has 0 aliphatic carbocycles. The third-order valence-electron chi connectivity index (χ3n) is 3.47. The quantitative estimate of drug-likeness (QED) is 0.869. The zero-order valence-electron chi connectivity index (χ0n) is 11.7. The molecule has 1 aliphatic heterocycles. The van der Waals surface area contributed by atoms with Gasteiger partial charge in [0.1, 0.15) is 29.8 Å². The lowest BCUT2D eigenvalue weighted by Gasteiger charge is -2.24. The van der Waals surface area contributed by atoms with E-state index in [1.165, 1.54) is 18.2 Å². The van der Waals surface area contributed by atoms with Gasteiger partial charge in [-0.05, 0) is 17.7 Å². The summed E-state index contributed by atoms with van der Waals surface area (Å²) in [4.78, 5) is 12.1. The Balaban J connectivity index is 2.31. The Morgan fingerprint density at radius 1 is 1.39 bits per heavy atom. The standard InChI is InChI=1S/C16H11FN2O4/c17-9-3-1-2-8(4-9)13-11(6-18)16(19)23-14-12(21)5-10(7-20)22-15(13)14/h1-5,13,20H,7,19H2/t13-/m0/s1. The van der Waals surface area contributed by atoms with Crippen LogP contribution in [0.4, 0.5) is 4.39 Å². The van der Waals surface area contributed by atoms with Crippen LogP contribution in [0.2, 0.25) is 0 Å². The number of aliphatic hydroxyl groups excluding tert-OH is 1. The summed E-state index contributed by atoms with van der Waals surface area (Å²) in [6, 6.07) is 8.50. The molecule has 116 valence electrons. The summed E-state index contributed by atoms with van der Waals surface area (Å²) in [6.45, 7) is -0.501. The molecule has 6 nitrogen and oxygen atoms in total. The van der Waals surface area contributed by atoms with Gasteiger partial charge in [-0.15, -0.1) is 0 Å². The molecule has 0 unspecified atom stereocenters. The SMILES string of the molecule is N#CC1=C(N)Oc2c(oc(CO)cc2=O)[C@H]1c1cccc(F)c1. The molecule has 1 aliphatic rings. The molecule has 0 bridgehead atoms. The van der Waals surface area contributed by atoms with Crippen molar-refractivity contribution < 1.29 is 18.7 Å². The minimum Gasteiger partial charge on any atom is -0.458 e. The molecule has 0 spiro atoms. The number of allylic oxidation sites excluding steroid dienone is 1. The Morgan fingerprint density at radius 2 is 2.17 bits per heavy atom. The monoisotopic (exact) mass is 314 g/mol. The second kappa shape index (κ2) is 5.59. The van der Waals surface area contributed by atoms with Gasteiger partial charge in [0.2, 0.25) is 17.1 Å². The number of hydrogen-bond donors (Lipinski definition) is 2. The maximum absolute atomic E-state index is 13.6. The maximum atomic E-state index is 13.6. The molecule has 1 aromatic heterocycles. The normalized spacial score (nSPS) is 16.5. The minimum absolute atomic E-state index is 0.00124. The summed E-state index contributed by atoms with van der Waals surface area (Å²) in [5, 5.41) is 18.6. The zero-order valence-corrected chi connectivity index (χ0v) is 11.7. The van der Waals surface area contributed by atoms with Gasteiger partial charge in [-0.1, -0.05) is 12.1 Å². The first-order chi connectivity index (χ1) is 11.0. The molecule has 2 heterocycles. The van der Waals surface area contributed by atoms with Crippen LogP contribution in [0.1, 0.15) is 23.0 Å². The Hall–Kier alpha value is -3.11. The summed E-state index contributed by atoms with van der Waals surface area (Å²) in [5.41, 5.74) is 5.56. The van der Waals surface area contributed by atoms with E-state index in [1.54, 1.807) is 6.07 Å². The molecule has 0 fully saturated rings. The first-order valence-corrected chi connectivity index (χ1v) is 6.66. The van der Waals surface area contributed by atoms with E-state index in [2.05, 4.69) is 0 Å². The van der Waals surface area contributed by atoms with E-state index in [1.807, 2.05) is 6.07 Å². The predicted molar refractivity (Wildman–Crippen MR) is 76.6 cm³/mol. The maximum Gasteiger partial charge on any atom is 0.228 e. The molecule has 7 heteroatoms. The van der Waals surface area contributed by atoms with Crippen LogP contribution in [0.15, 0.2) is 51.0 Å². The van der Waals surface area contributed by atoms with Gasteiger partial charge in [-0.2, -0.15) is 5.26 Å². The summed E-state index contributed by atoms with van der Waals surface area (Å²) in [6.07, 6.45) is 0. The van der Waals surface area contributed by atoms with Crippen LogP contribution in [-0.2, 0) is 6.61 Å². The van der Waals surface area contributed by atoms with Crippen molar-refractivity contribution in [1.82, 2.24) is 0 Å². The molecule has 1 aromatic carbocycles. The van der Waals surface area contributed by atoms with Gasteiger partial charge in [0.15, 0.2) is 5.76 Å². The highest BCUT2D eigenvalue weighted by atomic mass is 19.1. The van der Waals surface area contributed by atoms with Crippen molar-refractivity contribution in [3.63, 3.8) is 0 Å². The number of ether oxygens (including phenoxy) is 1. The van der Waals surface area contributed by atoms with E-state index in [4.69, 9.17) is 14.9 Å². The summed E-state index contributed by atoms with van der Waals surface area (Å²) in [5.74, 6) is -1.79. The average Bonchev–Trinajstić information content (AvgIpc) is 2.54. The van der Waals surface area contributed by atoms with Crippen LogP contribution >= 0.6 is 0 Å². The van der Waals surface area contributed by atoms with Gasteiger partial charge in [-0.3, -0.25) is 4.79 Å². The van der Waals surface area contributed by atoms with E-state index in [-0.39, 0.29) is 28.7 Å². The van der Waals surface area contributed by atoms with Crippen LogP contribution in [-0.4, -0.2) is 5.11 Å². The second-order valence-electron chi connectivity index (χ2n) is 4.91. The highest BCUT2D eigenvalue weighted by Gasteiger charge is 2.35.